The number of piperidine rings is 1. The van der Waals surface area contributed by atoms with Gasteiger partial charge in [0.1, 0.15) is 5.82 Å². The van der Waals surface area contributed by atoms with Crippen LogP contribution in [0.4, 0.5) is 23.1 Å². The van der Waals surface area contributed by atoms with Crippen molar-refractivity contribution in [3.8, 4) is 0 Å². The first kappa shape index (κ1) is 20.6. The summed E-state index contributed by atoms with van der Waals surface area (Å²) < 4.78 is 5.48. The fourth-order valence-electron chi connectivity index (χ4n) is 4.06. The molecular weight excluding hydrogens is 380 g/mol. The first-order valence-corrected chi connectivity index (χ1v) is 10.6. The first-order chi connectivity index (χ1) is 14.6. The Labute approximate surface area is 177 Å². The summed E-state index contributed by atoms with van der Waals surface area (Å²) in [6, 6.07) is 8.24. The molecule has 4 rings (SSSR count). The molecule has 0 atom stereocenters. The second-order valence-corrected chi connectivity index (χ2v) is 7.95. The fraction of sp³-hybridized carbons (Fsp3) is 0.500. The SMILES string of the molecule is CC(=O)Nc1ccc(Nc2nc(N3CCC(N4CCOCC4)CC3)ncc2C)cc1. The van der Waals surface area contributed by atoms with Gasteiger partial charge in [-0.1, -0.05) is 0 Å². The summed E-state index contributed by atoms with van der Waals surface area (Å²) in [7, 11) is 0. The van der Waals surface area contributed by atoms with Crippen LogP contribution in [0.2, 0.25) is 0 Å². The van der Waals surface area contributed by atoms with Crippen molar-refractivity contribution in [2.24, 2.45) is 0 Å². The predicted octanol–water partition coefficient (Wildman–Crippen LogP) is 2.79. The van der Waals surface area contributed by atoms with Gasteiger partial charge in [-0.3, -0.25) is 9.69 Å². The van der Waals surface area contributed by atoms with Crippen LogP contribution in [0.1, 0.15) is 25.3 Å². The van der Waals surface area contributed by atoms with Crippen LogP contribution in [-0.2, 0) is 9.53 Å². The van der Waals surface area contributed by atoms with Crippen LogP contribution in [0, 0.1) is 6.92 Å². The molecule has 8 nitrogen and oxygen atoms in total. The fourth-order valence-corrected chi connectivity index (χ4v) is 4.06. The van der Waals surface area contributed by atoms with Gasteiger partial charge in [-0.25, -0.2) is 4.98 Å². The summed E-state index contributed by atoms with van der Waals surface area (Å²) in [6.45, 7) is 9.22. The van der Waals surface area contributed by atoms with E-state index in [9.17, 15) is 4.79 Å². The average Bonchev–Trinajstić information content (AvgIpc) is 2.77. The summed E-state index contributed by atoms with van der Waals surface area (Å²) in [4.78, 5) is 25.4. The van der Waals surface area contributed by atoms with E-state index in [1.807, 2.05) is 37.4 Å². The van der Waals surface area contributed by atoms with Gasteiger partial charge in [0.05, 0.1) is 13.2 Å². The number of nitrogens with one attached hydrogen (secondary N) is 2. The molecule has 0 spiro atoms. The largest absolute Gasteiger partial charge is 0.379 e. The third kappa shape index (κ3) is 5.06. The molecule has 2 saturated heterocycles. The summed E-state index contributed by atoms with van der Waals surface area (Å²) in [5.41, 5.74) is 2.69. The maximum Gasteiger partial charge on any atom is 0.227 e. The van der Waals surface area contributed by atoms with Gasteiger partial charge in [-0.15, -0.1) is 0 Å². The zero-order valence-corrected chi connectivity index (χ0v) is 17.7. The normalized spacial score (nSPS) is 18.3. The molecule has 2 aliphatic rings. The van der Waals surface area contributed by atoms with Crippen molar-refractivity contribution in [1.29, 1.82) is 0 Å². The van der Waals surface area contributed by atoms with Gasteiger partial charge in [0.15, 0.2) is 0 Å². The van der Waals surface area contributed by atoms with Gasteiger partial charge in [-0.05, 0) is 44.0 Å². The first-order valence-electron chi connectivity index (χ1n) is 10.6. The lowest BCUT2D eigenvalue weighted by Crippen LogP contribution is -2.49. The van der Waals surface area contributed by atoms with Crippen molar-refractivity contribution in [1.82, 2.24) is 14.9 Å². The highest BCUT2D eigenvalue weighted by Crippen LogP contribution is 2.25. The van der Waals surface area contributed by atoms with Crippen molar-refractivity contribution < 1.29 is 9.53 Å². The number of benzene rings is 1. The number of nitrogens with zero attached hydrogens (tertiary/aromatic N) is 4. The Morgan fingerprint density at radius 1 is 1.07 bits per heavy atom. The van der Waals surface area contributed by atoms with Gasteiger partial charge < -0.3 is 20.3 Å². The minimum atomic E-state index is -0.0793. The van der Waals surface area contributed by atoms with Crippen molar-refractivity contribution in [3.05, 3.63) is 36.0 Å². The zero-order chi connectivity index (χ0) is 20.9. The number of aromatic nitrogens is 2. The average molecular weight is 411 g/mol. The van der Waals surface area contributed by atoms with E-state index in [1.54, 1.807) is 0 Å². The lowest BCUT2D eigenvalue weighted by Gasteiger charge is -2.40. The molecule has 3 heterocycles. The number of aryl methyl sites for hydroxylation is 1. The summed E-state index contributed by atoms with van der Waals surface area (Å²) >= 11 is 0. The summed E-state index contributed by atoms with van der Waals surface area (Å²) in [5, 5.41) is 6.16. The monoisotopic (exact) mass is 410 g/mol. The number of amides is 1. The zero-order valence-electron chi connectivity index (χ0n) is 17.7. The van der Waals surface area contributed by atoms with Crippen LogP contribution in [0.15, 0.2) is 30.5 Å². The van der Waals surface area contributed by atoms with Gasteiger partial charge in [0.25, 0.3) is 0 Å². The molecule has 2 aliphatic heterocycles. The molecule has 0 saturated carbocycles. The molecule has 2 N–H and O–H groups in total. The topological polar surface area (TPSA) is 82.6 Å². The van der Waals surface area contributed by atoms with Crippen LogP contribution in [0.3, 0.4) is 0 Å². The number of carbonyl (C=O) groups is 1. The number of ether oxygens (including phenoxy) is 1. The van der Waals surface area contributed by atoms with Crippen LogP contribution in [-0.4, -0.2) is 66.2 Å². The van der Waals surface area contributed by atoms with Crippen LogP contribution in [0.5, 0.6) is 0 Å². The predicted molar refractivity (Wildman–Crippen MR) is 118 cm³/mol. The summed E-state index contributed by atoms with van der Waals surface area (Å²) in [5.74, 6) is 1.50. The molecule has 0 aliphatic carbocycles. The lowest BCUT2D eigenvalue weighted by atomic mass is 10.0. The molecule has 2 aromatic rings. The van der Waals surface area contributed by atoms with E-state index in [0.717, 1.165) is 80.9 Å². The maximum absolute atomic E-state index is 11.2. The third-order valence-corrected chi connectivity index (χ3v) is 5.74. The number of carbonyl (C=O) groups excluding carboxylic acids is 1. The molecular formula is C22H30N6O2. The molecule has 1 amide bonds. The van der Waals surface area contributed by atoms with Gasteiger partial charge >= 0.3 is 0 Å². The van der Waals surface area contributed by atoms with Crippen LogP contribution < -0.4 is 15.5 Å². The Kier molecular flexibility index (Phi) is 6.44. The van der Waals surface area contributed by atoms with E-state index >= 15 is 0 Å². The summed E-state index contributed by atoms with van der Waals surface area (Å²) in [6.07, 6.45) is 4.14. The molecule has 0 unspecified atom stereocenters. The Hall–Kier alpha value is -2.71. The van der Waals surface area contributed by atoms with Crippen molar-refractivity contribution in [2.75, 3.05) is 54.9 Å². The number of hydrogen-bond acceptors (Lipinski definition) is 7. The quantitative estimate of drug-likeness (QED) is 0.784. The molecule has 8 heteroatoms. The Bertz CT molecular complexity index is 858. The van der Waals surface area contributed by atoms with E-state index in [4.69, 9.17) is 9.72 Å². The molecule has 1 aromatic carbocycles. The van der Waals surface area contributed by atoms with E-state index in [0.29, 0.717) is 6.04 Å². The highest BCUT2D eigenvalue weighted by atomic mass is 16.5. The second kappa shape index (κ2) is 9.40. The van der Waals surface area contributed by atoms with E-state index in [1.165, 1.54) is 6.92 Å². The molecule has 2 fully saturated rings. The van der Waals surface area contributed by atoms with Crippen molar-refractivity contribution >= 4 is 29.0 Å². The molecule has 30 heavy (non-hydrogen) atoms. The highest BCUT2D eigenvalue weighted by Gasteiger charge is 2.27. The van der Waals surface area contributed by atoms with Crippen molar-refractivity contribution in [2.45, 2.75) is 32.7 Å². The second-order valence-electron chi connectivity index (χ2n) is 7.95. The highest BCUT2D eigenvalue weighted by molar-refractivity contribution is 5.88. The van der Waals surface area contributed by atoms with Crippen LogP contribution in [0.25, 0.3) is 0 Å². The Balaban J connectivity index is 1.39. The standard InChI is InChI=1S/C22H30N6O2/c1-16-15-23-22(28-9-7-20(8-10-28)27-11-13-30-14-12-27)26-21(16)25-19-5-3-18(4-6-19)24-17(2)29/h3-6,15,20H,7-14H2,1-2H3,(H,24,29)(H,23,25,26). The molecule has 1 aromatic heterocycles. The van der Waals surface area contributed by atoms with E-state index in [-0.39, 0.29) is 5.91 Å². The van der Waals surface area contributed by atoms with E-state index in [2.05, 4.69) is 25.4 Å². The maximum atomic E-state index is 11.2. The molecule has 0 radical (unpaired) electrons. The van der Waals surface area contributed by atoms with Gasteiger partial charge in [-0.2, -0.15) is 4.98 Å². The number of anilines is 4. The Morgan fingerprint density at radius 3 is 2.40 bits per heavy atom. The van der Waals surface area contributed by atoms with Crippen LogP contribution >= 0.6 is 0 Å². The minimum Gasteiger partial charge on any atom is -0.379 e. The lowest BCUT2D eigenvalue weighted by molar-refractivity contribution is -0.114. The van der Waals surface area contributed by atoms with Gasteiger partial charge in [0.2, 0.25) is 11.9 Å². The smallest absolute Gasteiger partial charge is 0.227 e. The number of morpholine rings is 1. The Morgan fingerprint density at radius 2 is 1.73 bits per heavy atom. The minimum absolute atomic E-state index is 0.0793. The molecule has 0 bridgehead atoms. The van der Waals surface area contributed by atoms with Crippen molar-refractivity contribution in [3.63, 3.8) is 0 Å². The third-order valence-electron chi connectivity index (χ3n) is 5.74. The van der Waals surface area contributed by atoms with E-state index < -0.39 is 0 Å². The number of rotatable bonds is 5. The number of hydrogen-bond donors (Lipinski definition) is 2. The van der Waals surface area contributed by atoms with Gasteiger partial charge in [0, 0.05) is 62.3 Å². The molecule has 160 valence electrons.